The fraction of sp³-hybridized carbons (Fsp3) is 0.647. The molecule has 1 saturated heterocycles. The van der Waals surface area contributed by atoms with Crippen LogP contribution in [-0.4, -0.2) is 51.1 Å². The molecule has 1 aromatic heterocycles. The number of amides is 1. The van der Waals surface area contributed by atoms with Crippen molar-refractivity contribution >= 4 is 5.91 Å². The van der Waals surface area contributed by atoms with Crippen LogP contribution < -0.4 is 9.23 Å². The second-order valence-corrected chi connectivity index (χ2v) is 6.95. The van der Waals surface area contributed by atoms with E-state index in [0.717, 1.165) is 12.1 Å². The third-order valence-corrected chi connectivity index (χ3v) is 3.92. The van der Waals surface area contributed by atoms with Crippen LogP contribution in [0.3, 0.4) is 0 Å². The number of ether oxygens (including phenoxy) is 1. The van der Waals surface area contributed by atoms with Gasteiger partial charge in [0, 0.05) is 25.6 Å². The molecule has 26 heavy (non-hydrogen) atoms. The summed E-state index contributed by atoms with van der Waals surface area (Å²) in [7, 11) is -4.19. The molecule has 1 amide bonds. The van der Waals surface area contributed by atoms with Crippen molar-refractivity contribution in [1.29, 1.82) is 0 Å². The van der Waals surface area contributed by atoms with Gasteiger partial charge in [-0.15, -0.1) is 0 Å². The van der Waals surface area contributed by atoms with Gasteiger partial charge in [0.05, 0.1) is 13.2 Å². The summed E-state index contributed by atoms with van der Waals surface area (Å²) in [4.78, 5) is 14.3. The van der Waals surface area contributed by atoms with Crippen LogP contribution in [-0.2, 0) is 11.3 Å². The van der Waals surface area contributed by atoms with Crippen molar-refractivity contribution in [2.75, 3.05) is 26.3 Å². The summed E-state index contributed by atoms with van der Waals surface area (Å²) in [5.74, 6) is 0.124. The number of nitrogens with zero attached hydrogens (tertiary/aromatic N) is 2. The van der Waals surface area contributed by atoms with E-state index in [1.807, 2.05) is 23.2 Å². The summed E-state index contributed by atoms with van der Waals surface area (Å²) in [6.07, 6.45) is 10.4. The molecule has 1 fully saturated rings. The number of carbonyl (C=O) groups is 1. The number of hydrogen-bond donors (Lipinski definition) is 3. The normalized spacial score (nSPS) is 15.2. The van der Waals surface area contributed by atoms with Crippen LogP contribution in [0.2, 0.25) is 0 Å². The Morgan fingerprint density at radius 1 is 1.23 bits per heavy atom. The Labute approximate surface area is 156 Å². The molecule has 0 spiro atoms. The van der Waals surface area contributed by atoms with Crippen molar-refractivity contribution in [3.05, 3.63) is 30.1 Å². The topological polar surface area (TPSA) is 117 Å². The van der Waals surface area contributed by atoms with Gasteiger partial charge in [0.2, 0.25) is 0 Å². The third kappa shape index (κ3) is 10.6. The van der Waals surface area contributed by atoms with Gasteiger partial charge < -0.3 is 9.64 Å². The van der Waals surface area contributed by atoms with Gasteiger partial charge in [0.25, 0.3) is 5.91 Å². The van der Waals surface area contributed by atoms with E-state index >= 15 is 0 Å². The maximum atomic E-state index is 12.4. The molecule has 0 bridgehead atoms. The molecular weight excluding hydrogens is 364 g/mol. The Hall–Kier alpha value is -1.29. The van der Waals surface area contributed by atoms with Crippen molar-refractivity contribution in [3.63, 3.8) is 0 Å². The number of aryl methyl sites for hydroxylation is 1. The summed E-state index contributed by atoms with van der Waals surface area (Å²) >= 11 is 0. The first-order chi connectivity index (χ1) is 12.3. The SMILES string of the molecule is CCCCCCC[n+]1cccc(C(=O)N2CCOCC2)c1.[O-][Cl+](O)(O)O. The van der Waals surface area contributed by atoms with Crippen LogP contribution in [0.25, 0.3) is 0 Å². The Morgan fingerprint density at radius 2 is 1.85 bits per heavy atom. The first-order valence-corrected chi connectivity index (χ1v) is 10.2. The van der Waals surface area contributed by atoms with Gasteiger partial charge in [-0.1, -0.05) is 26.2 Å². The predicted octanol–water partition coefficient (Wildman–Crippen LogP) is -0.443. The van der Waals surface area contributed by atoms with Gasteiger partial charge in [-0.2, -0.15) is 0 Å². The fourth-order valence-corrected chi connectivity index (χ4v) is 2.63. The Morgan fingerprint density at radius 3 is 2.46 bits per heavy atom. The van der Waals surface area contributed by atoms with E-state index in [-0.39, 0.29) is 5.91 Å². The third-order valence-electron chi connectivity index (χ3n) is 3.92. The number of unbranched alkanes of at least 4 members (excludes halogenated alkanes) is 4. The number of halogens is 1. The first-order valence-electron chi connectivity index (χ1n) is 8.83. The summed E-state index contributed by atoms with van der Waals surface area (Å²) in [5, 5.41) is 0. The molecule has 2 rings (SSSR count). The molecule has 0 radical (unpaired) electrons. The average Bonchev–Trinajstić information content (AvgIpc) is 2.60. The van der Waals surface area contributed by atoms with Gasteiger partial charge in [-0.25, -0.2) is 4.57 Å². The Bertz CT molecular complexity index is 526. The maximum absolute atomic E-state index is 12.4. The molecule has 1 aliphatic rings. The molecule has 2 heterocycles. The molecule has 1 aromatic rings. The summed E-state index contributed by atoms with van der Waals surface area (Å²) in [6, 6.07) is 3.88. The minimum absolute atomic E-state index is 0.124. The molecular formula is C17H30ClN2O6+. The monoisotopic (exact) mass is 393 g/mol. The molecule has 9 heteroatoms. The van der Waals surface area contributed by atoms with Crippen LogP contribution in [0.4, 0.5) is 0 Å². The summed E-state index contributed by atoms with van der Waals surface area (Å²) in [6.45, 7) is 5.92. The second kappa shape index (κ2) is 12.2. The number of rotatable bonds is 7. The number of carbonyl (C=O) groups excluding carboxylic acids is 1. The van der Waals surface area contributed by atoms with Crippen LogP contribution >= 0.6 is 0 Å². The molecule has 1 aliphatic heterocycles. The zero-order valence-corrected chi connectivity index (χ0v) is 16.0. The van der Waals surface area contributed by atoms with Gasteiger partial charge in [-0.05, 0) is 12.5 Å². The number of pyridine rings is 1. The molecule has 0 aromatic carbocycles. The Balaban J connectivity index is 0.000000597. The van der Waals surface area contributed by atoms with Gasteiger partial charge in [-0.3, -0.25) is 4.79 Å². The van der Waals surface area contributed by atoms with E-state index < -0.39 is 10.2 Å². The standard InChI is InChI=1S/C17H27N2O2.ClH3O4/c1-2-3-4-5-6-9-18-10-7-8-16(15-18)17(20)19-11-13-21-14-12-19;2-1(3,4)5/h7-8,10,15H,2-6,9,11-14H2,1H3;2-4H/q+1;. The number of hydrogen-bond acceptors (Lipinski definition) is 6. The van der Waals surface area contributed by atoms with E-state index in [1.165, 1.54) is 32.1 Å². The van der Waals surface area contributed by atoms with Crippen LogP contribution in [0.5, 0.6) is 0 Å². The molecule has 0 aliphatic carbocycles. The molecule has 0 unspecified atom stereocenters. The first kappa shape index (κ1) is 22.8. The van der Waals surface area contributed by atoms with Gasteiger partial charge in [0.15, 0.2) is 12.4 Å². The van der Waals surface area contributed by atoms with Crippen LogP contribution in [0.15, 0.2) is 24.5 Å². The number of morpholine rings is 1. The molecule has 0 atom stereocenters. The van der Waals surface area contributed by atoms with Crippen molar-refractivity contribution in [2.24, 2.45) is 0 Å². The van der Waals surface area contributed by atoms with E-state index in [9.17, 15) is 4.79 Å². The zero-order valence-electron chi connectivity index (χ0n) is 15.2. The van der Waals surface area contributed by atoms with Crippen LogP contribution in [0.1, 0.15) is 49.4 Å². The fourth-order valence-electron chi connectivity index (χ4n) is 2.63. The summed E-state index contributed by atoms with van der Waals surface area (Å²) < 4.78 is 37.7. The van der Waals surface area contributed by atoms with E-state index in [4.69, 9.17) is 23.4 Å². The molecule has 0 saturated carbocycles. The minimum atomic E-state index is -4.19. The van der Waals surface area contributed by atoms with E-state index in [2.05, 4.69) is 17.7 Å². The Kier molecular flexibility index (Phi) is 10.6. The van der Waals surface area contributed by atoms with Crippen molar-refractivity contribution in [1.82, 2.24) is 4.90 Å². The van der Waals surface area contributed by atoms with E-state index in [1.54, 1.807) is 0 Å². The second-order valence-electron chi connectivity index (χ2n) is 6.08. The van der Waals surface area contributed by atoms with Crippen LogP contribution in [0, 0.1) is 10.2 Å². The predicted molar refractivity (Wildman–Crippen MR) is 88.8 cm³/mol. The molecule has 8 nitrogen and oxygen atoms in total. The summed E-state index contributed by atoms with van der Waals surface area (Å²) in [5.41, 5.74) is 0.785. The van der Waals surface area contributed by atoms with Crippen molar-refractivity contribution < 1.29 is 43.0 Å². The average molecular weight is 394 g/mol. The van der Waals surface area contributed by atoms with Crippen molar-refractivity contribution in [2.45, 2.75) is 45.6 Å². The van der Waals surface area contributed by atoms with Gasteiger partial charge >= 0.3 is 28.9 Å². The van der Waals surface area contributed by atoms with Gasteiger partial charge in [0.1, 0.15) is 12.1 Å². The zero-order chi connectivity index (χ0) is 19.4. The quantitative estimate of drug-likeness (QED) is 0.427. The molecule has 3 N–H and O–H groups in total. The van der Waals surface area contributed by atoms with E-state index in [0.29, 0.717) is 26.3 Å². The van der Waals surface area contributed by atoms with Crippen molar-refractivity contribution in [3.8, 4) is 0 Å². The number of aromatic nitrogens is 1. The molecule has 150 valence electrons.